The van der Waals surface area contributed by atoms with E-state index in [9.17, 15) is 14.9 Å². The molecule has 1 saturated carbocycles. The number of nitriles is 1. The van der Waals surface area contributed by atoms with E-state index in [2.05, 4.69) is 6.07 Å². The van der Waals surface area contributed by atoms with Gasteiger partial charge in [-0.2, -0.15) is 5.26 Å². The predicted octanol–water partition coefficient (Wildman–Crippen LogP) is 2.02. The summed E-state index contributed by atoms with van der Waals surface area (Å²) in [7, 11) is 0. The second-order valence-electron chi connectivity index (χ2n) is 6.69. The summed E-state index contributed by atoms with van der Waals surface area (Å²) in [6.45, 7) is 7.30. The zero-order chi connectivity index (χ0) is 13.8. The van der Waals surface area contributed by atoms with Crippen LogP contribution in [0.1, 0.15) is 47.0 Å². The van der Waals surface area contributed by atoms with Gasteiger partial charge >= 0.3 is 0 Å². The van der Waals surface area contributed by atoms with Gasteiger partial charge in [-0.15, -0.1) is 0 Å². The van der Waals surface area contributed by atoms with Crippen LogP contribution in [-0.4, -0.2) is 23.3 Å². The highest BCUT2D eigenvalue weighted by Crippen LogP contribution is 2.55. The fourth-order valence-corrected chi connectivity index (χ4v) is 3.43. The molecule has 2 rings (SSSR count). The Balaban J connectivity index is 2.54. The van der Waals surface area contributed by atoms with Crippen molar-refractivity contribution in [1.82, 2.24) is 0 Å². The number of carbonyl (C=O) groups is 2. The molecule has 0 radical (unpaired) electrons. The van der Waals surface area contributed by atoms with Gasteiger partial charge in [-0.25, -0.2) is 0 Å². The Labute approximate surface area is 107 Å². The summed E-state index contributed by atoms with van der Waals surface area (Å²) >= 11 is 0. The lowest BCUT2D eigenvalue weighted by atomic mass is 9.52. The van der Waals surface area contributed by atoms with Crippen LogP contribution < -0.4 is 0 Å². The number of Topliss-reactive ketones (excluding diaryl/α,β-unsaturated/α-hetero) is 2. The second-order valence-corrected chi connectivity index (χ2v) is 6.69. The zero-order valence-corrected chi connectivity index (χ0v) is 11.4. The van der Waals surface area contributed by atoms with Gasteiger partial charge in [-0.3, -0.25) is 9.59 Å². The van der Waals surface area contributed by atoms with Crippen LogP contribution in [-0.2, 0) is 14.3 Å². The number of hydrogen-bond donors (Lipinski definition) is 0. The number of rotatable bonds is 0. The average Bonchev–Trinajstić information content (AvgIpc) is 2.12. The Kier molecular flexibility index (Phi) is 2.68. The molecule has 0 aromatic heterocycles. The summed E-state index contributed by atoms with van der Waals surface area (Å²) in [6.07, 6.45) is 0.0722. The highest BCUT2D eigenvalue weighted by Gasteiger charge is 2.64. The predicted molar refractivity (Wildman–Crippen MR) is 64.6 cm³/mol. The highest BCUT2D eigenvalue weighted by atomic mass is 16.5. The van der Waals surface area contributed by atoms with E-state index in [0.717, 1.165) is 0 Å². The van der Waals surface area contributed by atoms with Crippen LogP contribution in [0, 0.1) is 22.2 Å². The molecular formula is C14H19NO3. The quantitative estimate of drug-likeness (QED) is 0.658. The lowest BCUT2D eigenvalue weighted by Gasteiger charge is -2.53. The van der Waals surface area contributed by atoms with Crippen molar-refractivity contribution in [3.63, 3.8) is 0 Å². The zero-order valence-electron chi connectivity index (χ0n) is 11.4. The third-order valence-corrected chi connectivity index (χ3v) is 4.27. The molecule has 1 unspecified atom stereocenters. The molecule has 0 amide bonds. The molecule has 1 saturated heterocycles. The molecule has 2 atom stereocenters. The molecule has 98 valence electrons. The summed E-state index contributed by atoms with van der Waals surface area (Å²) in [5, 5.41) is 9.58. The van der Waals surface area contributed by atoms with Crippen molar-refractivity contribution >= 4 is 11.6 Å². The van der Waals surface area contributed by atoms with Gasteiger partial charge in [0, 0.05) is 19.3 Å². The Hall–Kier alpha value is -1.21. The number of nitrogens with zero attached hydrogens (tertiary/aromatic N) is 1. The van der Waals surface area contributed by atoms with Crippen LogP contribution in [0.3, 0.4) is 0 Å². The fourth-order valence-electron chi connectivity index (χ4n) is 3.43. The van der Waals surface area contributed by atoms with Gasteiger partial charge < -0.3 is 4.74 Å². The van der Waals surface area contributed by atoms with E-state index in [1.165, 1.54) is 0 Å². The first-order valence-corrected chi connectivity index (χ1v) is 6.29. The molecule has 0 spiro atoms. The third-order valence-electron chi connectivity index (χ3n) is 4.27. The first-order valence-electron chi connectivity index (χ1n) is 6.29. The maximum atomic E-state index is 12.5. The van der Waals surface area contributed by atoms with Crippen LogP contribution in [0.5, 0.6) is 0 Å². The molecule has 18 heavy (non-hydrogen) atoms. The highest BCUT2D eigenvalue weighted by molar-refractivity contribution is 5.94. The lowest BCUT2D eigenvalue weighted by molar-refractivity contribution is -0.199. The number of carbonyl (C=O) groups excluding carboxylic acids is 2. The number of fused-ring (bicyclic) bond motifs is 1. The standard InChI is InChI=1S/C14H19NO3/c1-12(2)6-9(16)5-11-14(12,8-15)10(17)7-13(3,4)18-11/h11H,5-7H2,1-4H3/t11?,14-/m1/s1. The van der Waals surface area contributed by atoms with Crippen molar-refractivity contribution in [1.29, 1.82) is 5.26 Å². The van der Waals surface area contributed by atoms with Crippen LogP contribution in [0.25, 0.3) is 0 Å². The van der Waals surface area contributed by atoms with E-state index in [0.29, 0.717) is 0 Å². The van der Waals surface area contributed by atoms with Gasteiger partial charge in [0.05, 0.1) is 17.8 Å². The molecule has 1 aliphatic carbocycles. The monoisotopic (exact) mass is 249 g/mol. The summed E-state index contributed by atoms with van der Waals surface area (Å²) in [4.78, 5) is 24.3. The van der Waals surface area contributed by atoms with Crippen LogP contribution >= 0.6 is 0 Å². The van der Waals surface area contributed by atoms with Crippen molar-refractivity contribution < 1.29 is 14.3 Å². The fraction of sp³-hybridized carbons (Fsp3) is 0.786. The van der Waals surface area contributed by atoms with Crippen LogP contribution in [0.4, 0.5) is 0 Å². The van der Waals surface area contributed by atoms with Crippen molar-refractivity contribution in [2.45, 2.75) is 58.7 Å². The van der Waals surface area contributed by atoms with E-state index in [1.807, 2.05) is 27.7 Å². The van der Waals surface area contributed by atoms with E-state index >= 15 is 0 Å². The van der Waals surface area contributed by atoms with Crippen molar-refractivity contribution in [3.05, 3.63) is 0 Å². The molecule has 0 N–H and O–H groups in total. The van der Waals surface area contributed by atoms with Crippen molar-refractivity contribution in [2.24, 2.45) is 10.8 Å². The molecule has 0 aromatic rings. The van der Waals surface area contributed by atoms with Gasteiger partial charge in [0.1, 0.15) is 11.2 Å². The molecule has 0 bridgehead atoms. The number of ether oxygens (including phenoxy) is 1. The van der Waals surface area contributed by atoms with Gasteiger partial charge in [-0.1, -0.05) is 13.8 Å². The topological polar surface area (TPSA) is 67.2 Å². The third kappa shape index (κ3) is 1.61. The minimum Gasteiger partial charge on any atom is -0.369 e. The minimum absolute atomic E-state index is 0.0707. The maximum Gasteiger partial charge on any atom is 0.159 e. The molecular weight excluding hydrogens is 230 g/mol. The van der Waals surface area contributed by atoms with Gasteiger partial charge in [0.25, 0.3) is 0 Å². The van der Waals surface area contributed by atoms with Crippen LogP contribution in [0.2, 0.25) is 0 Å². The molecule has 4 nitrogen and oxygen atoms in total. The number of ketones is 2. The van der Waals surface area contributed by atoms with E-state index in [1.54, 1.807) is 0 Å². The molecule has 4 heteroatoms. The van der Waals surface area contributed by atoms with E-state index in [-0.39, 0.29) is 30.8 Å². The van der Waals surface area contributed by atoms with Gasteiger partial charge in [0.2, 0.25) is 0 Å². The first kappa shape index (κ1) is 13.2. The Morgan fingerprint density at radius 3 is 2.39 bits per heavy atom. The van der Waals surface area contributed by atoms with E-state index in [4.69, 9.17) is 4.74 Å². The van der Waals surface area contributed by atoms with Crippen molar-refractivity contribution in [2.75, 3.05) is 0 Å². The summed E-state index contributed by atoms with van der Waals surface area (Å²) in [5.74, 6) is -0.00914. The smallest absolute Gasteiger partial charge is 0.159 e. The number of hydrogen-bond acceptors (Lipinski definition) is 4. The average molecular weight is 249 g/mol. The van der Waals surface area contributed by atoms with Gasteiger partial charge in [0.15, 0.2) is 5.78 Å². The normalized spacial score (nSPS) is 37.8. The largest absolute Gasteiger partial charge is 0.369 e. The molecule has 2 fully saturated rings. The Bertz CT molecular complexity index is 458. The maximum absolute atomic E-state index is 12.5. The lowest BCUT2D eigenvalue weighted by Crippen LogP contribution is -2.63. The Morgan fingerprint density at radius 1 is 1.22 bits per heavy atom. The minimum atomic E-state index is -1.17. The summed E-state index contributed by atoms with van der Waals surface area (Å²) in [5.41, 5.74) is -2.42. The summed E-state index contributed by atoms with van der Waals surface area (Å²) in [6, 6.07) is 2.19. The second kappa shape index (κ2) is 3.64. The van der Waals surface area contributed by atoms with Crippen LogP contribution in [0.15, 0.2) is 0 Å². The molecule has 1 aliphatic heterocycles. The summed E-state index contributed by atoms with van der Waals surface area (Å²) < 4.78 is 5.88. The van der Waals surface area contributed by atoms with E-state index < -0.39 is 22.5 Å². The first-order chi connectivity index (χ1) is 8.14. The van der Waals surface area contributed by atoms with Crippen molar-refractivity contribution in [3.8, 4) is 6.07 Å². The Morgan fingerprint density at radius 2 is 1.83 bits per heavy atom. The SMILES string of the molecule is CC1(C)CC(=O)[C@]2(C#N)C(CC(=O)CC2(C)C)O1. The molecule has 2 aliphatic rings. The van der Waals surface area contributed by atoms with Gasteiger partial charge in [-0.05, 0) is 19.3 Å². The molecule has 1 heterocycles. The molecule has 0 aromatic carbocycles.